The molecule has 1 aromatic rings. The number of nitrogens with zero attached hydrogens (tertiary/aromatic N) is 3. The van der Waals surface area contributed by atoms with Gasteiger partial charge < -0.3 is 14.4 Å². The van der Waals surface area contributed by atoms with Crippen molar-refractivity contribution in [1.29, 1.82) is 0 Å². The lowest BCUT2D eigenvalue weighted by Gasteiger charge is -2.26. The zero-order valence-corrected chi connectivity index (χ0v) is 10.0. The van der Waals surface area contributed by atoms with Gasteiger partial charge in [0.05, 0.1) is 31.0 Å². The maximum Gasteiger partial charge on any atom is 0.232 e. The number of morpholine rings is 1. The second-order valence-electron chi connectivity index (χ2n) is 3.13. The zero-order valence-electron chi connectivity index (χ0n) is 8.44. The molecule has 0 aliphatic carbocycles. The van der Waals surface area contributed by atoms with Gasteiger partial charge in [0.1, 0.15) is 0 Å². The summed E-state index contributed by atoms with van der Waals surface area (Å²) < 4.78 is 11.2. The second-order valence-corrected chi connectivity index (χ2v) is 3.98. The van der Waals surface area contributed by atoms with E-state index in [0.29, 0.717) is 11.8 Å². The number of rotatable bonds is 2. The highest BCUT2D eigenvalue weighted by atomic mass is 79.9. The molecule has 1 aliphatic heterocycles. The molecule has 1 aromatic heterocycles. The fourth-order valence-electron chi connectivity index (χ4n) is 1.40. The Bertz CT molecular complexity index is 342. The van der Waals surface area contributed by atoms with Crippen molar-refractivity contribution in [1.82, 2.24) is 9.97 Å². The Morgan fingerprint density at radius 2 is 2.20 bits per heavy atom. The Labute approximate surface area is 96.5 Å². The third-order valence-corrected chi connectivity index (χ3v) is 2.73. The average molecular weight is 274 g/mol. The highest BCUT2D eigenvalue weighted by Gasteiger charge is 2.15. The lowest BCUT2D eigenvalue weighted by molar-refractivity contribution is 0.122. The van der Waals surface area contributed by atoms with Crippen molar-refractivity contribution in [2.45, 2.75) is 0 Å². The molecule has 0 N–H and O–H groups in total. The summed E-state index contributed by atoms with van der Waals surface area (Å²) in [6.07, 6.45) is 1.70. The predicted octanol–water partition coefficient (Wildman–Crippen LogP) is 1.08. The average Bonchev–Trinajstić information content (AvgIpc) is 2.31. The van der Waals surface area contributed by atoms with E-state index in [1.165, 1.54) is 0 Å². The molecule has 82 valence electrons. The second kappa shape index (κ2) is 4.76. The van der Waals surface area contributed by atoms with E-state index in [4.69, 9.17) is 9.47 Å². The molecule has 0 spiro atoms. The van der Waals surface area contributed by atoms with E-state index in [0.717, 1.165) is 30.8 Å². The van der Waals surface area contributed by atoms with Gasteiger partial charge in [-0.1, -0.05) is 0 Å². The van der Waals surface area contributed by atoms with Gasteiger partial charge in [-0.3, -0.25) is 0 Å². The third kappa shape index (κ3) is 2.38. The maximum absolute atomic E-state index is 5.26. The van der Waals surface area contributed by atoms with E-state index in [9.17, 15) is 0 Å². The van der Waals surface area contributed by atoms with E-state index in [1.807, 2.05) is 0 Å². The maximum atomic E-state index is 5.26. The first-order chi connectivity index (χ1) is 7.31. The molecule has 2 heterocycles. The van der Waals surface area contributed by atoms with Gasteiger partial charge in [0, 0.05) is 13.1 Å². The van der Waals surface area contributed by atoms with Crippen LogP contribution in [0, 0.1) is 0 Å². The fraction of sp³-hybridized carbons (Fsp3) is 0.556. The smallest absolute Gasteiger partial charge is 0.232 e. The number of methoxy groups -OCH3 is 1. The highest BCUT2D eigenvalue weighted by Crippen LogP contribution is 2.23. The van der Waals surface area contributed by atoms with Gasteiger partial charge in [-0.05, 0) is 15.9 Å². The molecular weight excluding hydrogens is 262 g/mol. The highest BCUT2D eigenvalue weighted by molar-refractivity contribution is 9.10. The van der Waals surface area contributed by atoms with Gasteiger partial charge in [0.25, 0.3) is 0 Å². The minimum atomic E-state index is 0.562. The Hall–Kier alpha value is -0.880. The third-order valence-electron chi connectivity index (χ3n) is 2.19. The molecule has 6 heteroatoms. The van der Waals surface area contributed by atoms with Crippen LogP contribution in [0.2, 0.25) is 0 Å². The molecule has 0 saturated carbocycles. The summed E-state index contributed by atoms with van der Waals surface area (Å²) in [5.74, 6) is 1.25. The first-order valence-electron chi connectivity index (χ1n) is 4.70. The first kappa shape index (κ1) is 10.6. The van der Waals surface area contributed by atoms with Crippen LogP contribution in [0.3, 0.4) is 0 Å². The van der Waals surface area contributed by atoms with Crippen LogP contribution in [0.5, 0.6) is 5.88 Å². The molecule has 0 radical (unpaired) electrons. The summed E-state index contributed by atoms with van der Waals surface area (Å²) in [5, 5.41) is 0. The van der Waals surface area contributed by atoms with Crippen molar-refractivity contribution in [3.05, 3.63) is 10.7 Å². The van der Waals surface area contributed by atoms with Crippen molar-refractivity contribution in [2.75, 3.05) is 38.3 Å². The van der Waals surface area contributed by atoms with Gasteiger partial charge in [-0.25, -0.2) is 4.98 Å². The molecule has 1 saturated heterocycles. The van der Waals surface area contributed by atoms with Crippen molar-refractivity contribution >= 4 is 21.9 Å². The van der Waals surface area contributed by atoms with Crippen LogP contribution < -0.4 is 9.64 Å². The van der Waals surface area contributed by atoms with Gasteiger partial charge in [-0.15, -0.1) is 0 Å². The quantitative estimate of drug-likeness (QED) is 0.807. The van der Waals surface area contributed by atoms with E-state index < -0.39 is 0 Å². The van der Waals surface area contributed by atoms with E-state index in [-0.39, 0.29) is 0 Å². The number of ether oxygens (including phenoxy) is 2. The molecule has 0 atom stereocenters. The number of hydrogen-bond acceptors (Lipinski definition) is 5. The summed E-state index contributed by atoms with van der Waals surface area (Å²) >= 11 is 3.32. The van der Waals surface area contributed by atoms with Crippen LogP contribution in [-0.2, 0) is 4.74 Å². The van der Waals surface area contributed by atoms with Gasteiger partial charge >= 0.3 is 0 Å². The number of hydrogen-bond donors (Lipinski definition) is 0. The summed E-state index contributed by atoms with van der Waals surface area (Å²) in [4.78, 5) is 10.6. The molecule has 0 amide bonds. The molecule has 2 rings (SSSR count). The molecule has 5 nitrogen and oxygen atoms in total. The number of halogens is 1. The molecule has 1 fully saturated rings. The lowest BCUT2D eigenvalue weighted by Crippen LogP contribution is -2.37. The van der Waals surface area contributed by atoms with Crippen molar-refractivity contribution in [2.24, 2.45) is 0 Å². The Kier molecular flexibility index (Phi) is 3.37. The van der Waals surface area contributed by atoms with Gasteiger partial charge in [-0.2, -0.15) is 4.98 Å². The lowest BCUT2D eigenvalue weighted by atomic mass is 10.4. The van der Waals surface area contributed by atoms with Crippen LogP contribution >= 0.6 is 15.9 Å². The molecule has 1 aliphatic rings. The van der Waals surface area contributed by atoms with Crippen LogP contribution in [0.25, 0.3) is 0 Å². The van der Waals surface area contributed by atoms with Crippen LogP contribution in [-0.4, -0.2) is 43.4 Å². The Balaban J connectivity index is 2.20. The standard InChI is InChI=1S/C9H12BrN3O2/c1-14-8-7(10)6-11-9(12-8)13-2-4-15-5-3-13/h6H,2-5H2,1H3. The number of anilines is 1. The Morgan fingerprint density at radius 1 is 1.47 bits per heavy atom. The normalized spacial score (nSPS) is 16.5. The SMILES string of the molecule is COc1nc(N2CCOCC2)ncc1Br. The molecule has 15 heavy (non-hydrogen) atoms. The Morgan fingerprint density at radius 3 is 2.87 bits per heavy atom. The topological polar surface area (TPSA) is 47.5 Å². The fourth-order valence-corrected chi connectivity index (χ4v) is 1.75. The number of aromatic nitrogens is 2. The zero-order chi connectivity index (χ0) is 10.7. The van der Waals surface area contributed by atoms with E-state index in [1.54, 1.807) is 13.3 Å². The largest absolute Gasteiger partial charge is 0.480 e. The summed E-state index contributed by atoms with van der Waals surface area (Å²) in [6, 6.07) is 0. The minimum absolute atomic E-state index is 0.562. The molecule has 0 bridgehead atoms. The predicted molar refractivity (Wildman–Crippen MR) is 59.3 cm³/mol. The minimum Gasteiger partial charge on any atom is -0.480 e. The van der Waals surface area contributed by atoms with E-state index in [2.05, 4.69) is 30.8 Å². The van der Waals surface area contributed by atoms with Crippen molar-refractivity contribution < 1.29 is 9.47 Å². The molecule has 0 aromatic carbocycles. The summed E-state index contributed by atoms with van der Waals surface area (Å²) in [6.45, 7) is 3.10. The van der Waals surface area contributed by atoms with E-state index >= 15 is 0 Å². The summed E-state index contributed by atoms with van der Waals surface area (Å²) in [5.41, 5.74) is 0. The summed E-state index contributed by atoms with van der Waals surface area (Å²) in [7, 11) is 1.59. The van der Waals surface area contributed by atoms with Crippen LogP contribution in [0.4, 0.5) is 5.95 Å². The van der Waals surface area contributed by atoms with Crippen molar-refractivity contribution in [3.8, 4) is 5.88 Å². The van der Waals surface area contributed by atoms with Crippen LogP contribution in [0.15, 0.2) is 10.7 Å². The molecule has 0 unspecified atom stereocenters. The van der Waals surface area contributed by atoms with Gasteiger partial charge in [0.2, 0.25) is 11.8 Å². The van der Waals surface area contributed by atoms with Crippen LogP contribution in [0.1, 0.15) is 0 Å². The van der Waals surface area contributed by atoms with Gasteiger partial charge in [0.15, 0.2) is 0 Å². The monoisotopic (exact) mass is 273 g/mol. The molecular formula is C9H12BrN3O2. The first-order valence-corrected chi connectivity index (χ1v) is 5.50. The van der Waals surface area contributed by atoms with Crippen molar-refractivity contribution in [3.63, 3.8) is 0 Å².